The van der Waals surface area contributed by atoms with Gasteiger partial charge in [-0.25, -0.2) is 14.2 Å². The number of hydrogen-bond donors (Lipinski definition) is 2. The van der Waals surface area contributed by atoms with Crippen LogP contribution in [0.2, 0.25) is 0 Å². The van der Waals surface area contributed by atoms with Crippen LogP contribution in [0.5, 0.6) is 0 Å². The molecule has 4 nitrogen and oxygen atoms in total. The first-order chi connectivity index (χ1) is 8.40. The molecule has 0 amide bonds. The summed E-state index contributed by atoms with van der Waals surface area (Å²) in [4.78, 5) is 14.8. The van der Waals surface area contributed by atoms with Gasteiger partial charge in [0.1, 0.15) is 17.2 Å². The minimum atomic E-state index is -1.18. The molecule has 18 heavy (non-hydrogen) atoms. The van der Waals surface area contributed by atoms with Gasteiger partial charge in [-0.1, -0.05) is 13.8 Å². The summed E-state index contributed by atoms with van der Waals surface area (Å²) in [5.74, 6) is -1.01. The van der Waals surface area contributed by atoms with Gasteiger partial charge in [-0.05, 0) is 31.7 Å². The number of halogens is 1. The van der Waals surface area contributed by atoms with E-state index in [1.165, 1.54) is 0 Å². The smallest absolute Gasteiger partial charge is 0.339 e. The molecule has 1 atom stereocenters. The molecule has 100 valence electrons. The first-order valence-corrected chi connectivity index (χ1v) is 6.05. The zero-order chi connectivity index (χ0) is 13.7. The third-order valence-electron chi connectivity index (χ3n) is 2.64. The van der Waals surface area contributed by atoms with Gasteiger partial charge in [-0.15, -0.1) is 0 Å². The van der Waals surface area contributed by atoms with Gasteiger partial charge in [-0.2, -0.15) is 0 Å². The molecule has 2 N–H and O–H groups in total. The van der Waals surface area contributed by atoms with Crippen LogP contribution < -0.4 is 5.32 Å². The molecule has 1 heterocycles. The zero-order valence-corrected chi connectivity index (χ0v) is 10.9. The Morgan fingerprint density at radius 2 is 2.11 bits per heavy atom. The predicted octanol–water partition coefficient (Wildman–Crippen LogP) is 3.16. The number of pyridine rings is 1. The van der Waals surface area contributed by atoms with E-state index in [0.717, 1.165) is 25.1 Å². The van der Waals surface area contributed by atoms with Crippen LogP contribution in [0.1, 0.15) is 44.0 Å². The summed E-state index contributed by atoms with van der Waals surface area (Å²) in [6.07, 6.45) is 2.97. The second kappa shape index (κ2) is 6.33. The highest BCUT2D eigenvalue weighted by molar-refractivity contribution is 5.93. The summed E-state index contributed by atoms with van der Waals surface area (Å²) < 4.78 is 12.9. The van der Waals surface area contributed by atoms with Crippen LogP contribution in [0, 0.1) is 11.7 Å². The fraction of sp³-hybridized carbons (Fsp3) is 0.538. The van der Waals surface area contributed by atoms with Crippen molar-refractivity contribution in [2.24, 2.45) is 5.92 Å². The molecule has 0 aliphatic carbocycles. The van der Waals surface area contributed by atoms with Crippen LogP contribution in [0.15, 0.2) is 12.3 Å². The van der Waals surface area contributed by atoms with Crippen molar-refractivity contribution in [1.29, 1.82) is 0 Å². The van der Waals surface area contributed by atoms with Crippen LogP contribution in [-0.4, -0.2) is 22.1 Å². The Kier molecular flexibility index (Phi) is 5.07. The van der Waals surface area contributed by atoms with Gasteiger partial charge in [0, 0.05) is 6.04 Å². The van der Waals surface area contributed by atoms with Crippen LogP contribution in [0.4, 0.5) is 10.2 Å². The molecule has 1 rings (SSSR count). The highest BCUT2D eigenvalue weighted by atomic mass is 19.1. The van der Waals surface area contributed by atoms with Gasteiger partial charge in [-0.3, -0.25) is 0 Å². The van der Waals surface area contributed by atoms with Crippen molar-refractivity contribution in [2.75, 3.05) is 5.32 Å². The maximum atomic E-state index is 12.9. The number of carboxylic acids is 1. The van der Waals surface area contributed by atoms with Gasteiger partial charge in [0.2, 0.25) is 0 Å². The van der Waals surface area contributed by atoms with Crippen molar-refractivity contribution in [3.63, 3.8) is 0 Å². The summed E-state index contributed by atoms with van der Waals surface area (Å²) in [6.45, 7) is 6.22. The number of carbonyl (C=O) groups is 1. The lowest BCUT2D eigenvalue weighted by atomic mass is 10.0. The number of nitrogens with zero attached hydrogens (tertiary/aromatic N) is 1. The SMILES string of the molecule is CC(C)CCC(C)Nc1ncc(F)cc1C(=O)O. The minimum absolute atomic E-state index is 0.100. The summed E-state index contributed by atoms with van der Waals surface area (Å²) in [5.41, 5.74) is -0.133. The predicted molar refractivity (Wildman–Crippen MR) is 68.3 cm³/mol. The number of aromatic nitrogens is 1. The Balaban J connectivity index is 2.74. The lowest BCUT2D eigenvalue weighted by Crippen LogP contribution is -2.19. The molecular weight excluding hydrogens is 235 g/mol. The van der Waals surface area contributed by atoms with E-state index in [9.17, 15) is 9.18 Å². The van der Waals surface area contributed by atoms with Gasteiger partial charge in [0.25, 0.3) is 0 Å². The van der Waals surface area contributed by atoms with Crippen LogP contribution in [0.25, 0.3) is 0 Å². The monoisotopic (exact) mass is 254 g/mol. The standard InChI is InChI=1S/C13H19FN2O2/c1-8(2)4-5-9(3)16-12-11(13(17)18)6-10(14)7-15-12/h6-9H,4-5H2,1-3H3,(H,15,16)(H,17,18). The van der Waals surface area contributed by atoms with Gasteiger partial charge in [0.15, 0.2) is 0 Å². The topological polar surface area (TPSA) is 62.2 Å². The summed E-state index contributed by atoms with van der Waals surface area (Å²) >= 11 is 0. The molecule has 0 spiro atoms. The van der Waals surface area contributed by atoms with Crippen LogP contribution in [0.3, 0.4) is 0 Å². The largest absolute Gasteiger partial charge is 0.478 e. The van der Waals surface area contributed by atoms with Gasteiger partial charge >= 0.3 is 5.97 Å². The molecule has 0 aromatic carbocycles. The van der Waals surface area contributed by atoms with Crippen molar-refractivity contribution in [3.05, 3.63) is 23.6 Å². The van der Waals surface area contributed by atoms with Crippen LogP contribution in [-0.2, 0) is 0 Å². The van der Waals surface area contributed by atoms with Gasteiger partial charge in [0.05, 0.1) is 6.20 Å². The molecule has 0 fully saturated rings. The molecule has 0 aliphatic rings. The summed E-state index contributed by atoms with van der Waals surface area (Å²) in [5, 5.41) is 12.0. The number of carboxylic acid groups (broad SMARTS) is 1. The average molecular weight is 254 g/mol. The van der Waals surface area contributed by atoms with Gasteiger partial charge < -0.3 is 10.4 Å². The quantitative estimate of drug-likeness (QED) is 0.818. The van der Waals surface area contributed by atoms with E-state index in [1.54, 1.807) is 0 Å². The number of nitrogens with one attached hydrogen (secondary N) is 1. The average Bonchev–Trinajstić information content (AvgIpc) is 2.28. The first kappa shape index (κ1) is 14.4. The molecule has 1 aromatic heterocycles. The van der Waals surface area contributed by atoms with Crippen molar-refractivity contribution < 1.29 is 14.3 Å². The minimum Gasteiger partial charge on any atom is -0.478 e. The Hall–Kier alpha value is -1.65. The highest BCUT2D eigenvalue weighted by Crippen LogP contribution is 2.17. The van der Waals surface area contributed by atoms with E-state index in [4.69, 9.17) is 5.11 Å². The van der Waals surface area contributed by atoms with E-state index >= 15 is 0 Å². The van der Waals surface area contributed by atoms with E-state index in [1.807, 2.05) is 6.92 Å². The zero-order valence-electron chi connectivity index (χ0n) is 10.9. The number of anilines is 1. The second-order valence-corrected chi connectivity index (χ2v) is 4.87. The second-order valence-electron chi connectivity index (χ2n) is 4.87. The van der Waals surface area contributed by atoms with E-state index < -0.39 is 11.8 Å². The van der Waals surface area contributed by atoms with E-state index in [2.05, 4.69) is 24.1 Å². The lowest BCUT2D eigenvalue weighted by molar-refractivity contribution is 0.0697. The van der Waals surface area contributed by atoms with Crippen molar-refractivity contribution >= 4 is 11.8 Å². The molecule has 0 aliphatic heterocycles. The normalized spacial score (nSPS) is 12.5. The van der Waals surface area contributed by atoms with E-state index in [0.29, 0.717) is 5.92 Å². The highest BCUT2D eigenvalue weighted by Gasteiger charge is 2.14. The molecule has 1 unspecified atom stereocenters. The molecule has 0 bridgehead atoms. The first-order valence-electron chi connectivity index (χ1n) is 6.05. The molecule has 0 saturated carbocycles. The lowest BCUT2D eigenvalue weighted by Gasteiger charge is -2.16. The maximum absolute atomic E-state index is 12.9. The van der Waals surface area contributed by atoms with Crippen LogP contribution >= 0.6 is 0 Å². The van der Waals surface area contributed by atoms with Crippen molar-refractivity contribution in [1.82, 2.24) is 4.98 Å². The number of rotatable bonds is 6. The third kappa shape index (κ3) is 4.31. The Labute approximate surface area is 106 Å². The molecule has 1 aromatic rings. The number of aromatic carboxylic acids is 1. The fourth-order valence-electron chi connectivity index (χ4n) is 1.61. The molecule has 5 heteroatoms. The van der Waals surface area contributed by atoms with Crippen molar-refractivity contribution in [2.45, 2.75) is 39.7 Å². The maximum Gasteiger partial charge on any atom is 0.339 e. The van der Waals surface area contributed by atoms with E-state index in [-0.39, 0.29) is 17.4 Å². The molecule has 0 saturated heterocycles. The third-order valence-corrected chi connectivity index (χ3v) is 2.64. The Morgan fingerprint density at radius 3 is 2.67 bits per heavy atom. The summed E-state index contributed by atoms with van der Waals surface area (Å²) in [6, 6.07) is 1.08. The Morgan fingerprint density at radius 1 is 1.44 bits per heavy atom. The fourth-order valence-corrected chi connectivity index (χ4v) is 1.61. The number of hydrogen-bond acceptors (Lipinski definition) is 3. The summed E-state index contributed by atoms with van der Waals surface area (Å²) in [7, 11) is 0. The Bertz CT molecular complexity index is 421. The van der Waals surface area contributed by atoms with Crippen molar-refractivity contribution in [3.8, 4) is 0 Å². The molecule has 0 radical (unpaired) electrons. The molecular formula is C13H19FN2O2.